The van der Waals surface area contributed by atoms with Crippen LogP contribution in [0.1, 0.15) is 43.7 Å². The predicted octanol–water partition coefficient (Wildman–Crippen LogP) is 4.28. The van der Waals surface area contributed by atoms with Crippen LogP contribution >= 0.6 is 11.8 Å². The van der Waals surface area contributed by atoms with Crippen LogP contribution in [-0.2, 0) is 11.2 Å². The van der Waals surface area contributed by atoms with Crippen LogP contribution in [0.3, 0.4) is 0 Å². The standard InChI is InChI=1S/C20H21N5O2S/c21-11-16-19(14-7-3-4-8-15(14)27-16)23-18(26)12-28-20-22-17(24-25-20)10-9-13-5-1-2-6-13/h3-4,7-8,13H,1-2,5-6,9-10,12H2,(H,23,26)(H,22,24,25). The topological polar surface area (TPSA) is 108 Å². The molecule has 7 nitrogen and oxygen atoms in total. The van der Waals surface area contributed by atoms with Crippen LogP contribution < -0.4 is 5.32 Å². The van der Waals surface area contributed by atoms with Gasteiger partial charge in [0, 0.05) is 11.8 Å². The Morgan fingerprint density at radius 1 is 1.36 bits per heavy atom. The van der Waals surface area contributed by atoms with Crippen molar-refractivity contribution in [1.29, 1.82) is 5.26 Å². The molecule has 1 aliphatic rings. The van der Waals surface area contributed by atoms with Crippen molar-refractivity contribution in [3.8, 4) is 6.07 Å². The fourth-order valence-electron chi connectivity index (χ4n) is 3.65. The average molecular weight is 395 g/mol. The number of nitrogens with one attached hydrogen (secondary N) is 2. The zero-order valence-corrected chi connectivity index (χ0v) is 16.2. The monoisotopic (exact) mass is 395 g/mol. The Balaban J connectivity index is 1.32. The number of furan rings is 1. The molecule has 1 saturated carbocycles. The summed E-state index contributed by atoms with van der Waals surface area (Å²) in [5.41, 5.74) is 0.985. The summed E-state index contributed by atoms with van der Waals surface area (Å²) < 4.78 is 5.47. The van der Waals surface area contributed by atoms with E-state index in [9.17, 15) is 10.1 Å². The minimum absolute atomic E-state index is 0.103. The van der Waals surface area contributed by atoms with Crippen LogP contribution in [0.25, 0.3) is 11.0 Å². The maximum atomic E-state index is 12.4. The van der Waals surface area contributed by atoms with E-state index in [1.807, 2.05) is 24.3 Å². The van der Waals surface area contributed by atoms with Crippen LogP contribution in [0.4, 0.5) is 5.69 Å². The summed E-state index contributed by atoms with van der Waals surface area (Å²) in [5.74, 6) is 1.72. The van der Waals surface area contributed by atoms with Gasteiger partial charge < -0.3 is 9.73 Å². The van der Waals surface area contributed by atoms with E-state index in [4.69, 9.17) is 4.42 Å². The Morgan fingerprint density at radius 3 is 3.00 bits per heavy atom. The molecular formula is C20H21N5O2S. The molecule has 1 aliphatic carbocycles. The number of nitriles is 1. The number of hydrogen-bond donors (Lipinski definition) is 2. The molecule has 1 fully saturated rings. The zero-order chi connectivity index (χ0) is 19.3. The lowest BCUT2D eigenvalue weighted by Gasteiger charge is -2.05. The highest BCUT2D eigenvalue weighted by Gasteiger charge is 2.18. The maximum absolute atomic E-state index is 12.4. The third-order valence-electron chi connectivity index (χ3n) is 5.07. The number of nitrogens with zero attached hydrogens (tertiary/aromatic N) is 3. The molecule has 4 rings (SSSR count). The van der Waals surface area contributed by atoms with Crippen LogP contribution in [0.5, 0.6) is 0 Å². The van der Waals surface area contributed by atoms with E-state index in [1.54, 1.807) is 6.07 Å². The van der Waals surface area contributed by atoms with E-state index < -0.39 is 0 Å². The van der Waals surface area contributed by atoms with E-state index in [0.717, 1.165) is 24.6 Å². The number of para-hydroxylation sites is 1. The number of carbonyl (C=O) groups excluding carboxylic acids is 1. The molecule has 0 saturated heterocycles. The molecule has 0 bridgehead atoms. The van der Waals surface area contributed by atoms with Crippen molar-refractivity contribution in [1.82, 2.24) is 15.2 Å². The van der Waals surface area contributed by atoms with Crippen LogP contribution in [0.2, 0.25) is 0 Å². The highest BCUT2D eigenvalue weighted by atomic mass is 32.2. The number of rotatable bonds is 7. The first-order valence-corrected chi connectivity index (χ1v) is 10.5. The van der Waals surface area contributed by atoms with Gasteiger partial charge in [-0.1, -0.05) is 49.6 Å². The average Bonchev–Trinajstić information content (AvgIpc) is 3.45. The Labute approximate surface area is 166 Å². The smallest absolute Gasteiger partial charge is 0.234 e. The van der Waals surface area contributed by atoms with Crippen molar-refractivity contribution in [2.45, 2.75) is 43.7 Å². The molecule has 0 radical (unpaired) electrons. The molecule has 8 heteroatoms. The lowest BCUT2D eigenvalue weighted by Crippen LogP contribution is -2.14. The molecule has 3 aromatic rings. The minimum atomic E-state index is -0.231. The maximum Gasteiger partial charge on any atom is 0.234 e. The molecule has 1 aromatic carbocycles. The molecule has 2 N–H and O–H groups in total. The van der Waals surface area contributed by atoms with Crippen molar-refractivity contribution in [3.63, 3.8) is 0 Å². The van der Waals surface area contributed by atoms with E-state index >= 15 is 0 Å². The molecule has 0 unspecified atom stereocenters. The molecule has 0 aliphatic heterocycles. The second kappa shape index (κ2) is 8.48. The lowest BCUT2D eigenvalue weighted by atomic mass is 10.0. The molecule has 144 valence electrons. The highest BCUT2D eigenvalue weighted by molar-refractivity contribution is 7.99. The first kappa shape index (κ1) is 18.6. The van der Waals surface area contributed by atoms with Gasteiger partial charge in [-0.3, -0.25) is 9.89 Å². The Morgan fingerprint density at radius 2 is 2.18 bits per heavy atom. The van der Waals surface area contributed by atoms with E-state index in [1.165, 1.54) is 37.4 Å². The second-order valence-corrected chi connectivity index (χ2v) is 7.95. The quantitative estimate of drug-likeness (QED) is 0.578. The molecule has 1 amide bonds. The number of hydrogen-bond acceptors (Lipinski definition) is 6. The predicted molar refractivity (Wildman–Crippen MR) is 107 cm³/mol. The van der Waals surface area contributed by atoms with E-state index in [-0.39, 0.29) is 17.4 Å². The number of benzene rings is 1. The van der Waals surface area contributed by atoms with Crippen molar-refractivity contribution in [2.75, 3.05) is 11.1 Å². The molecule has 28 heavy (non-hydrogen) atoms. The largest absolute Gasteiger partial charge is 0.443 e. The van der Waals surface area contributed by atoms with Gasteiger partial charge in [-0.15, -0.1) is 5.10 Å². The molecule has 2 heterocycles. The van der Waals surface area contributed by atoms with E-state index in [0.29, 0.717) is 21.8 Å². The Hall–Kier alpha value is -2.79. The van der Waals surface area contributed by atoms with Gasteiger partial charge >= 0.3 is 0 Å². The number of amides is 1. The number of H-pyrrole nitrogens is 1. The van der Waals surface area contributed by atoms with Crippen LogP contribution in [0.15, 0.2) is 33.8 Å². The highest BCUT2D eigenvalue weighted by Crippen LogP contribution is 2.31. The van der Waals surface area contributed by atoms with Gasteiger partial charge in [0.05, 0.1) is 5.75 Å². The van der Waals surface area contributed by atoms with Gasteiger partial charge in [0.1, 0.15) is 23.2 Å². The Bertz CT molecular complexity index is 1010. The number of aromatic amines is 1. The van der Waals surface area contributed by atoms with Crippen molar-refractivity contribution in [3.05, 3.63) is 35.9 Å². The van der Waals surface area contributed by atoms with Gasteiger partial charge in [-0.2, -0.15) is 5.26 Å². The second-order valence-electron chi connectivity index (χ2n) is 7.00. The zero-order valence-electron chi connectivity index (χ0n) is 15.4. The van der Waals surface area contributed by atoms with Gasteiger partial charge in [-0.25, -0.2) is 4.98 Å². The fourth-order valence-corrected chi connectivity index (χ4v) is 4.27. The summed E-state index contributed by atoms with van der Waals surface area (Å²) in [6, 6.07) is 9.22. The number of anilines is 1. The SMILES string of the molecule is N#Cc1oc2ccccc2c1NC(=O)CSc1n[nH]c(CCC2CCCC2)n1. The third kappa shape index (κ3) is 4.20. The summed E-state index contributed by atoms with van der Waals surface area (Å²) in [5, 5.41) is 20.5. The number of fused-ring (bicyclic) bond motifs is 1. The molecule has 2 aromatic heterocycles. The summed E-state index contributed by atoms with van der Waals surface area (Å²) in [6.45, 7) is 0. The number of aromatic nitrogens is 3. The van der Waals surface area contributed by atoms with E-state index in [2.05, 4.69) is 20.5 Å². The van der Waals surface area contributed by atoms with Gasteiger partial charge in [0.2, 0.25) is 16.8 Å². The van der Waals surface area contributed by atoms with Crippen LogP contribution in [-0.4, -0.2) is 26.8 Å². The summed E-state index contributed by atoms with van der Waals surface area (Å²) in [7, 11) is 0. The van der Waals surface area contributed by atoms with Crippen LogP contribution in [0, 0.1) is 17.2 Å². The van der Waals surface area contributed by atoms with Gasteiger partial charge in [0.25, 0.3) is 0 Å². The van der Waals surface area contributed by atoms with Crippen molar-refractivity contribution in [2.24, 2.45) is 5.92 Å². The summed E-state index contributed by atoms with van der Waals surface area (Å²) in [4.78, 5) is 16.8. The molecule has 0 atom stereocenters. The lowest BCUT2D eigenvalue weighted by molar-refractivity contribution is -0.113. The first-order chi connectivity index (χ1) is 13.7. The Kier molecular flexibility index (Phi) is 5.63. The molecule has 0 spiro atoms. The van der Waals surface area contributed by atoms with Crippen molar-refractivity contribution < 1.29 is 9.21 Å². The fraction of sp³-hybridized carbons (Fsp3) is 0.400. The number of aryl methyl sites for hydroxylation is 1. The first-order valence-electron chi connectivity index (χ1n) is 9.48. The number of thioether (sulfide) groups is 1. The normalized spacial score (nSPS) is 14.4. The minimum Gasteiger partial charge on any atom is -0.443 e. The number of carbonyl (C=O) groups is 1. The van der Waals surface area contributed by atoms with Gasteiger partial charge in [0.15, 0.2) is 0 Å². The summed E-state index contributed by atoms with van der Waals surface area (Å²) >= 11 is 1.27. The summed E-state index contributed by atoms with van der Waals surface area (Å²) in [6.07, 6.45) is 7.38. The third-order valence-corrected chi connectivity index (χ3v) is 5.92. The molecular weight excluding hydrogens is 374 g/mol. The van der Waals surface area contributed by atoms with Crippen molar-refractivity contribution >= 4 is 34.3 Å². The van der Waals surface area contributed by atoms with Gasteiger partial charge in [-0.05, 0) is 24.5 Å².